The van der Waals surface area contributed by atoms with E-state index in [9.17, 15) is 9.59 Å². The Labute approximate surface area is 148 Å². The van der Waals surface area contributed by atoms with Crippen LogP contribution in [0, 0.1) is 5.92 Å². The van der Waals surface area contributed by atoms with Gasteiger partial charge >= 0.3 is 0 Å². The Morgan fingerprint density at radius 3 is 2.56 bits per heavy atom. The van der Waals surface area contributed by atoms with Crippen molar-refractivity contribution in [3.05, 3.63) is 23.8 Å². The Hall–Kier alpha value is -2.28. The van der Waals surface area contributed by atoms with E-state index in [1.807, 2.05) is 19.1 Å². The Bertz CT molecular complexity index is 619. The topological polar surface area (TPSA) is 77.1 Å². The summed E-state index contributed by atoms with van der Waals surface area (Å²) in [6, 6.07) is 5.19. The predicted molar refractivity (Wildman–Crippen MR) is 92.7 cm³/mol. The maximum Gasteiger partial charge on any atom is 0.226 e. The molecule has 1 fully saturated rings. The molecule has 1 N–H and O–H groups in total. The van der Waals surface area contributed by atoms with Crippen molar-refractivity contribution in [3.8, 4) is 11.5 Å². The van der Waals surface area contributed by atoms with Crippen molar-refractivity contribution < 1.29 is 23.8 Å². The Morgan fingerprint density at radius 1 is 1.24 bits per heavy atom. The van der Waals surface area contributed by atoms with Gasteiger partial charge in [0, 0.05) is 26.6 Å². The predicted octanol–water partition coefficient (Wildman–Crippen LogP) is 1.38. The molecule has 138 valence electrons. The first-order valence-corrected chi connectivity index (χ1v) is 8.35. The van der Waals surface area contributed by atoms with Gasteiger partial charge in [0.2, 0.25) is 11.8 Å². The van der Waals surface area contributed by atoms with Crippen LogP contribution in [0.3, 0.4) is 0 Å². The average molecular weight is 350 g/mol. The van der Waals surface area contributed by atoms with Gasteiger partial charge in [-0.25, -0.2) is 0 Å². The zero-order chi connectivity index (χ0) is 18.4. The molecular weight excluding hydrogens is 324 g/mol. The lowest BCUT2D eigenvalue weighted by Crippen LogP contribution is -2.37. The summed E-state index contributed by atoms with van der Waals surface area (Å²) in [5.74, 6) is 0.589. The molecule has 0 aromatic heterocycles. The zero-order valence-electron chi connectivity index (χ0n) is 15.2. The number of amides is 2. The Balaban J connectivity index is 2.31. The fourth-order valence-corrected chi connectivity index (χ4v) is 3.25. The van der Waals surface area contributed by atoms with Crippen molar-refractivity contribution in [1.29, 1.82) is 0 Å². The highest BCUT2D eigenvalue weighted by atomic mass is 16.5. The molecule has 25 heavy (non-hydrogen) atoms. The van der Waals surface area contributed by atoms with Gasteiger partial charge in [-0.2, -0.15) is 0 Å². The summed E-state index contributed by atoms with van der Waals surface area (Å²) < 4.78 is 15.6. The number of hydrogen-bond donors (Lipinski definition) is 1. The smallest absolute Gasteiger partial charge is 0.226 e. The van der Waals surface area contributed by atoms with Crippen molar-refractivity contribution in [2.75, 3.05) is 41.0 Å². The molecule has 7 heteroatoms. The van der Waals surface area contributed by atoms with Crippen LogP contribution in [0.2, 0.25) is 0 Å². The Morgan fingerprint density at radius 2 is 1.96 bits per heavy atom. The van der Waals surface area contributed by atoms with Crippen LogP contribution in [-0.2, 0) is 14.3 Å². The van der Waals surface area contributed by atoms with Crippen LogP contribution >= 0.6 is 0 Å². The van der Waals surface area contributed by atoms with Gasteiger partial charge < -0.3 is 24.4 Å². The van der Waals surface area contributed by atoms with Crippen molar-refractivity contribution in [2.45, 2.75) is 19.4 Å². The lowest BCUT2D eigenvalue weighted by atomic mass is 9.92. The quantitative estimate of drug-likeness (QED) is 0.717. The number of nitrogens with one attached hydrogen (secondary N) is 1. The van der Waals surface area contributed by atoms with E-state index in [0.29, 0.717) is 31.2 Å². The monoisotopic (exact) mass is 350 g/mol. The first kappa shape index (κ1) is 19.1. The first-order chi connectivity index (χ1) is 12.1. The van der Waals surface area contributed by atoms with Crippen LogP contribution in [0.15, 0.2) is 18.2 Å². The highest BCUT2D eigenvalue weighted by molar-refractivity contribution is 5.90. The minimum absolute atomic E-state index is 0.0193. The molecule has 0 radical (unpaired) electrons. The molecule has 1 aliphatic heterocycles. The summed E-state index contributed by atoms with van der Waals surface area (Å²) >= 11 is 0. The fraction of sp³-hybridized carbons (Fsp3) is 0.556. The molecule has 0 bridgehead atoms. The van der Waals surface area contributed by atoms with Gasteiger partial charge in [-0.3, -0.25) is 9.59 Å². The number of methoxy groups -OCH3 is 3. The normalized spacial score (nSPS) is 19.8. The molecule has 1 heterocycles. The standard InChI is InChI=1S/C18H26N2O5/c1-5-20-16(21)11-13(18(22)19-8-9-23-2)17(20)12-6-7-14(24-3)15(10-12)25-4/h6-7,10,13,17H,5,8-9,11H2,1-4H3,(H,19,22)/t13-,17+/m1/s1. The second-order valence-corrected chi connectivity index (χ2v) is 5.83. The van der Waals surface area contributed by atoms with Crippen LogP contribution < -0.4 is 14.8 Å². The van der Waals surface area contributed by atoms with Crippen LogP contribution in [0.1, 0.15) is 24.9 Å². The van der Waals surface area contributed by atoms with Crippen LogP contribution in [0.25, 0.3) is 0 Å². The molecule has 2 rings (SSSR count). The molecule has 2 atom stereocenters. The molecule has 1 saturated heterocycles. The molecule has 2 amide bonds. The van der Waals surface area contributed by atoms with Crippen LogP contribution in [-0.4, -0.2) is 57.7 Å². The van der Waals surface area contributed by atoms with Gasteiger partial charge in [0.1, 0.15) is 0 Å². The number of ether oxygens (including phenoxy) is 3. The van der Waals surface area contributed by atoms with Crippen molar-refractivity contribution in [2.24, 2.45) is 5.92 Å². The third-order valence-electron chi connectivity index (χ3n) is 4.46. The van der Waals surface area contributed by atoms with E-state index in [-0.39, 0.29) is 24.3 Å². The van der Waals surface area contributed by atoms with Gasteiger partial charge in [0.15, 0.2) is 11.5 Å². The third-order valence-corrected chi connectivity index (χ3v) is 4.46. The van der Waals surface area contributed by atoms with E-state index in [1.54, 1.807) is 32.3 Å². The van der Waals surface area contributed by atoms with Gasteiger partial charge in [-0.15, -0.1) is 0 Å². The minimum Gasteiger partial charge on any atom is -0.493 e. The second-order valence-electron chi connectivity index (χ2n) is 5.83. The molecule has 1 aromatic carbocycles. The molecule has 0 unspecified atom stereocenters. The van der Waals surface area contributed by atoms with E-state index < -0.39 is 5.92 Å². The van der Waals surface area contributed by atoms with Crippen molar-refractivity contribution in [1.82, 2.24) is 10.2 Å². The summed E-state index contributed by atoms with van der Waals surface area (Å²) in [6.45, 7) is 3.31. The summed E-state index contributed by atoms with van der Waals surface area (Å²) in [4.78, 5) is 26.7. The van der Waals surface area contributed by atoms with E-state index in [4.69, 9.17) is 14.2 Å². The van der Waals surface area contributed by atoms with Gasteiger partial charge in [0.05, 0.1) is 32.8 Å². The molecule has 0 spiro atoms. The maximum absolute atomic E-state index is 12.6. The molecule has 0 saturated carbocycles. The SMILES string of the molecule is CCN1C(=O)C[C@@H](C(=O)NCCOC)[C@@H]1c1ccc(OC)c(OC)c1. The lowest BCUT2D eigenvalue weighted by molar-refractivity contribution is -0.129. The zero-order valence-corrected chi connectivity index (χ0v) is 15.2. The molecule has 1 aliphatic rings. The largest absolute Gasteiger partial charge is 0.493 e. The van der Waals surface area contributed by atoms with E-state index in [0.717, 1.165) is 5.56 Å². The summed E-state index contributed by atoms with van der Waals surface area (Å²) in [6.07, 6.45) is 0.200. The van der Waals surface area contributed by atoms with Crippen LogP contribution in [0.5, 0.6) is 11.5 Å². The van der Waals surface area contributed by atoms with Crippen molar-refractivity contribution in [3.63, 3.8) is 0 Å². The Kier molecular flexibility index (Phi) is 6.64. The number of hydrogen-bond acceptors (Lipinski definition) is 5. The fourth-order valence-electron chi connectivity index (χ4n) is 3.25. The molecule has 7 nitrogen and oxygen atoms in total. The molecule has 1 aromatic rings. The van der Waals surface area contributed by atoms with E-state index in [1.165, 1.54) is 0 Å². The lowest BCUT2D eigenvalue weighted by Gasteiger charge is -2.27. The first-order valence-electron chi connectivity index (χ1n) is 8.35. The highest BCUT2D eigenvalue weighted by Gasteiger charge is 2.43. The number of likely N-dealkylation sites (tertiary alicyclic amines) is 1. The van der Waals surface area contributed by atoms with Crippen LogP contribution in [0.4, 0.5) is 0 Å². The summed E-state index contributed by atoms with van der Waals surface area (Å²) in [5.41, 5.74) is 0.859. The molecular formula is C18H26N2O5. The number of carbonyl (C=O) groups excluding carboxylic acids is 2. The number of benzene rings is 1. The average Bonchev–Trinajstić information content (AvgIpc) is 2.97. The van der Waals surface area contributed by atoms with E-state index in [2.05, 4.69) is 5.32 Å². The second kappa shape index (κ2) is 8.71. The number of nitrogens with zero attached hydrogens (tertiary/aromatic N) is 1. The highest BCUT2D eigenvalue weighted by Crippen LogP contribution is 2.41. The third kappa shape index (κ3) is 4.04. The van der Waals surface area contributed by atoms with Crippen molar-refractivity contribution >= 4 is 11.8 Å². The minimum atomic E-state index is -0.442. The van der Waals surface area contributed by atoms with E-state index >= 15 is 0 Å². The summed E-state index contributed by atoms with van der Waals surface area (Å²) in [7, 11) is 4.71. The number of carbonyl (C=O) groups is 2. The van der Waals surface area contributed by atoms with Gasteiger partial charge in [-0.05, 0) is 24.6 Å². The maximum atomic E-state index is 12.6. The van der Waals surface area contributed by atoms with Gasteiger partial charge in [-0.1, -0.05) is 6.07 Å². The van der Waals surface area contributed by atoms with Gasteiger partial charge in [0.25, 0.3) is 0 Å². The molecule has 0 aliphatic carbocycles. The summed E-state index contributed by atoms with van der Waals surface area (Å²) in [5, 5.41) is 2.84. The number of rotatable bonds is 8.